The number of methoxy groups -OCH3 is 2. The van der Waals surface area contributed by atoms with Crippen LogP contribution in [-0.4, -0.2) is 32.7 Å². The number of nitrogens with one attached hydrogen (secondary N) is 1. The Bertz CT molecular complexity index is 770. The monoisotopic (exact) mass is 415 g/mol. The summed E-state index contributed by atoms with van der Waals surface area (Å²) in [6.07, 6.45) is 7.99. The highest BCUT2D eigenvalue weighted by molar-refractivity contribution is 5.81. The summed E-state index contributed by atoms with van der Waals surface area (Å²) in [6.45, 7) is 1.62. The van der Waals surface area contributed by atoms with E-state index in [4.69, 9.17) is 14.2 Å². The van der Waals surface area contributed by atoms with Crippen LogP contribution in [0.25, 0.3) is 0 Å². The predicted octanol–water partition coefficient (Wildman–Crippen LogP) is 4.03. The summed E-state index contributed by atoms with van der Waals surface area (Å²) in [5.41, 5.74) is 0.939. The Balaban J connectivity index is 1.28. The molecule has 1 amide bonds. The minimum absolute atomic E-state index is 0.129. The number of benzene rings is 1. The van der Waals surface area contributed by atoms with E-state index in [2.05, 4.69) is 5.32 Å². The van der Waals surface area contributed by atoms with Gasteiger partial charge >= 0.3 is 5.97 Å². The van der Waals surface area contributed by atoms with E-state index >= 15 is 0 Å². The average Bonchev–Trinajstić information content (AvgIpc) is 2.70. The van der Waals surface area contributed by atoms with Crippen molar-refractivity contribution in [3.8, 4) is 11.5 Å². The van der Waals surface area contributed by atoms with Crippen molar-refractivity contribution < 1.29 is 23.8 Å². The van der Waals surface area contributed by atoms with E-state index in [0.717, 1.165) is 42.6 Å². The molecule has 1 aromatic carbocycles. The van der Waals surface area contributed by atoms with Crippen LogP contribution in [0.2, 0.25) is 0 Å². The molecule has 30 heavy (non-hydrogen) atoms. The van der Waals surface area contributed by atoms with Crippen LogP contribution in [0.4, 0.5) is 0 Å². The first-order valence-electron chi connectivity index (χ1n) is 11.1. The SMILES string of the molecule is COc1ccc(OC)c([C@@H](C)NC(=O)COC(=O)CC23CC4CC(CC(C4)C2)C3)c1. The summed E-state index contributed by atoms with van der Waals surface area (Å²) >= 11 is 0. The molecular formula is C24H33NO5. The lowest BCUT2D eigenvalue weighted by atomic mass is 9.49. The van der Waals surface area contributed by atoms with Crippen molar-refractivity contribution in [3.05, 3.63) is 23.8 Å². The second-order valence-corrected chi connectivity index (χ2v) is 9.65. The Morgan fingerprint density at radius 1 is 1.07 bits per heavy atom. The lowest BCUT2D eigenvalue weighted by Gasteiger charge is -2.56. The number of hydrogen-bond donors (Lipinski definition) is 1. The van der Waals surface area contributed by atoms with Crippen molar-refractivity contribution in [1.82, 2.24) is 5.32 Å². The molecule has 0 aliphatic heterocycles. The van der Waals surface area contributed by atoms with Gasteiger partial charge in [-0.05, 0) is 86.8 Å². The second kappa shape index (κ2) is 8.48. The Labute approximate surface area is 178 Å². The maximum Gasteiger partial charge on any atom is 0.306 e. The van der Waals surface area contributed by atoms with Gasteiger partial charge in [0, 0.05) is 5.56 Å². The molecule has 1 atom stereocenters. The van der Waals surface area contributed by atoms with E-state index in [1.54, 1.807) is 14.2 Å². The Hall–Kier alpha value is -2.24. The topological polar surface area (TPSA) is 73.9 Å². The van der Waals surface area contributed by atoms with Crippen molar-refractivity contribution in [2.45, 2.75) is 57.9 Å². The highest BCUT2D eigenvalue weighted by Gasteiger charge is 2.51. The number of carbonyl (C=O) groups excluding carboxylic acids is 2. The standard InChI is InChI=1S/C24H33NO5/c1-15(20-9-19(28-2)4-5-21(20)29-3)25-22(26)14-30-23(27)13-24-10-16-6-17(11-24)8-18(7-16)12-24/h4-5,9,15-18H,6-8,10-14H2,1-3H3,(H,25,26)/t15-,16?,17?,18?,24?/m1/s1. The fraction of sp³-hybridized carbons (Fsp3) is 0.667. The molecule has 4 aliphatic carbocycles. The van der Waals surface area contributed by atoms with Crippen LogP contribution in [0.1, 0.15) is 63.5 Å². The minimum Gasteiger partial charge on any atom is -0.497 e. The third-order valence-electron chi connectivity index (χ3n) is 7.33. The van der Waals surface area contributed by atoms with E-state index in [0.29, 0.717) is 17.9 Å². The third-order valence-corrected chi connectivity index (χ3v) is 7.33. The summed E-state index contributed by atoms with van der Waals surface area (Å²) in [4.78, 5) is 24.9. The molecule has 4 fully saturated rings. The lowest BCUT2D eigenvalue weighted by molar-refractivity contribution is -0.155. The number of carbonyl (C=O) groups is 2. The summed E-state index contributed by atoms with van der Waals surface area (Å²) < 4.78 is 16.0. The fourth-order valence-electron chi connectivity index (χ4n) is 6.55. The summed E-state index contributed by atoms with van der Waals surface area (Å²) in [5, 5.41) is 2.89. The molecule has 4 bridgehead atoms. The van der Waals surface area contributed by atoms with Crippen molar-refractivity contribution >= 4 is 11.9 Å². The first kappa shape index (κ1) is 21.0. The van der Waals surface area contributed by atoms with Crippen LogP contribution in [0.15, 0.2) is 18.2 Å². The van der Waals surface area contributed by atoms with Gasteiger partial charge < -0.3 is 19.5 Å². The molecule has 0 heterocycles. The Morgan fingerprint density at radius 3 is 2.27 bits per heavy atom. The molecule has 6 heteroatoms. The smallest absolute Gasteiger partial charge is 0.306 e. The lowest BCUT2D eigenvalue weighted by Crippen LogP contribution is -2.47. The van der Waals surface area contributed by atoms with E-state index in [-0.39, 0.29) is 29.9 Å². The number of ether oxygens (including phenoxy) is 3. The predicted molar refractivity (Wildman–Crippen MR) is 112 cm³/mol. The maximum atomic E-state index is 12.5. The van der Waals surface area contributed by atoms with Crippen LogP contribution >= 0.6 is 0 Å². The first-order chi connectivity index (χ1) is 14.4. The third kappa shape index (κ3) is 4.42. The largest absolute Gasteiger partial charge is 0.497 e. The van der Waals surface area contributed by atoms with Gasteiger partial charge in [0.1, 0.15) is 11.5 Å². The van der Waals surface area contributed by atoms with Crippen molar-refractivity contribution in [1.29, 1.82) is 0 Å². The van der Waals surface area contributed by atoms with E-state index < -0.39 is 0 Å². The van der Waals surface area contributed by atoms with Gasteiger partial charge in [-0.25, -0.2) is 0 Å². The number of amides is 1. The van der Waals surface area contributed by atoms with E-state index in [9.17, 15) is 9.59 Å². The number of rotatable bonds is 8. The van der Waals surface area contributed by atoms with Crippen LogP contribution in [0, 0.1) is 23.2 Å². The summed E-state index contributed by atoms with van der Waals surface area (Å²) in [5.74, 6) is 3.20. The van der Waals surface area contributed by atoms with Crippen LogP contribution < -0.4 is 14.8 Å². The zero-order chi connectivity index (χ0) is 21.3. The van der Waals surface area contributed by atoms with Gasteiger partial charge in [-0.3, -0.25) is 9.59 Å². The highest BCUT2D eigenvalue weighted by Crippen LogP contribution is 2.61. The molecule has 0 aromatic heterocycles. The molecule has 0 saturated heterocycles. The molecular weight excluding hydrogens is 382 g/mol. The number of esters is 1. The van der Waals surface area contributed by atoms with Gasteiger partial charge in [0.05, 0.1) is 26.7 Å². The maximum absolute atomic E-state index is 12.5. The molecule has 1 N–H and O–H groups in total. The van der Waals surface area contributed by atoms with Crippen LogP contribution in [0.3, 0.4) is 0 Å². The molecule has 0 radical (unpaired) electrons. The van der Waals surface area contributed by atoms with Gasteiger partial charge in [-0.15, -0.1) is 0 Å². The average molecular weight is 416 g/mol. The highest BCUT2D eigenvalue weighted by atomic mass is 16.5. The van der Waals surface area contributed by atoms with E-state index in [1.807, 2.05) is 25.1 Å². The van der Waals surface area contributed by atoms with Crippen molar-refractivity contribution in [2.24, 2.45) is 23.2 Å². The minimum atomic E-state index is -0.314. The van der Waals surface area contributed by atoms with Gasteiger partial charge in [-0.1, -0.05) is 0 Å². The zero-order valence-corrected chi connectivity index (χ0v) is 18.2. The van der Waals surface area contributed by atoms with E-state index in [1.165, 1.54) is 19.3 Å². The summed E-state index contributed by atoms with van der Waals surface area (Å²) in [6, 6.07) is 5.15. The molecule has 164 valence electrons. The van der Waals surface area contributed by atoms with Gasteiger partial charge in [-0.2, -0.15) is 0 Å². The molecule has 6 nitrogen and oxygen atoms in total. The molecule has 0 spiro atoms. The van der Waals surface area contributed by atoms with Crippen LogP contribution in [0.5, 0.6) is 11.5 Å². The van der Waals surface area contributed by atoms with Gasteiger partial charge in [0.25, 0.3) is 5.91 Å². The molecule has 0 unspecified atom stereocenters. The first-order valence-corrected chi connectivity index (χ1v) is 11.1. The van der Waals surface area contributed by atoms with Crippen LogP contribution in [-0.2, 0) is 14.3 Å². The Morgan fingerprint density at radius 2 is 1.70 bits per heavy atom. The number of hydrogen-bond acceptors (Lipinski definition) is 5. The molecule has 5 rings (SSSR count). The van der Waals surface area contributed by atoms with Gasteiger partial charge in [0.2, 0.25) is 0 Å². The normalized spacial score (nSPS) is 29.9. The van der Waals surface area contributed by atoms with Gasteiger partial charge in [0.15, 0.2) is 6.61 Å². The van der Waals surface area contributed by atoms with Crippen molar-refractivity contribution in [3.63, 3.8) is 0 Å². The second-order valence-electron chi connectivity index (χ2n) is 9.65. The quantitative estimate of drug-likeness (QED) is 0.649. The Kier molecular flexibility index (Phi) is 5.94. The zero-order valence-electron chi connectivity index (χ0n) is 18.2. The molecule has 4 aliphatic rings. The fourth-order valence-corrected chi connectivity index (χ4v) is 6.55. The summed E-state index contributed by atoms with van der Waals surface area (Å²) in [7, 11) is 3.18. The molecule has 4 saturated carbocycles. The molecule has 1 aromatic rings. The van der Waals surface area contributed by atoms with Crippen molar-refractivity contribution in [2.75, 3.05) is 20.8 Å².